The van der Waals surface area contributed by atoms with Crippen molar-refractivity contribution in [1.82, 2.24) is 9.62 Å². The van der Waals surface area contributed by atoms with Crippen LogP contribution in [0.25, 0.3) is 0 Å². The molecule has 1 saturated heterocycles. The van der Waals surface area contributed by atoms with Crippen LogP contribution in [0.5, 0.6) is 0 Å². The van der Waals surface area contributed by atoms with E-state index >= 15 is 0 Å². The molecule has 1 heterocycles. The monoisotopic (exact) mass is 425 g/mol. The van der Waals surface area contributed by atoms with E-state index in [1.54, 1.807) is 6.07 Å². The van der Waals surface area contributed by atoms with E-state index < -0.39 is 39.7 Å². The van der Waals surface area contributed by atoms with Crippen LogP contribution in [-0.2, 0) is 19.6 Å². The number of hydrogen-bond donors (Lipinski definition) is 1. The van der Waals surface area contributed by atoms with Crippen LogP contribution in [0.15, 0.2) is 24.3 Å². The summed E-state index contributed by atoms with van der Waals surface area (Å²) >= 11 is 0. The van der Waals surface area contributed by atoms with Gasteiger partial charge in [-0.2, -0.15) is 4.31 Å². The number of nitrogens with zero attached hydrogens (tertiary/aromatic N) is 2. The van der Waals surface area contributed by atoms with Gasteiger partial charge in [-0.3, -0.25) is 14.5 Å². The van der Waals surface area contributed by atoms with Gasteiger partial charge in [0, 0.05) is 12.6 Å². The van der Waals surface area contributed by atoms with Crippen molar-refractivity contribution >= 4 is 27.5 Å². The van der Waals surface area contributed by atoms with Crippen LogP contribution < -0.4 is 10.2 Å². The van der Waals surface area contributed by atoms with Gasteiger partial charge >= 0.3 is 0 Å². The first-order valence-corrected chi connectivity index (χ1v) is 11.8. The van der Waals surface area contributed by atoms with E-state index in [4.69, 9.17) is 0 Å². The summed E-state index contributed by atoms with van der Waals surface area (Å²) in [5, 5.41) is 3.00. The molecule has 1 aliphatic carbocycles. The normalized spacial score (nSPS) is 24.9. The van der Waals surface area contributed by atoms with Crippen molar-refractivity contribution in [3.63, 3.8) is 0 Å². The highest BCUT2D eigenvalue weighted by atomic mass is 32.2. The zero-order chi connectivity index (χ0) is 21.2. The molecule has 9 heteroatoms. The molecule has 0 unspecified atom stereocenters. The Hall–Kier alpha value is -2.00. The van der Waals surface area contributed by atoms with Gasteiger partial charge in [-0.25, -0.2) is 12.8 Å². The second kappa shape index (κ2) is 8.39. The zero-order valence-electron chi connectivity index (χ0n) is 16.9. The van der Waals surface area contributed by atoms with Crippen LogP contribution >= 0.6 is 0 Å². The molecule has 2 aliphatic rings. The Labute approximate surface area is 171 Å². The van der Waals surface area contributed by atoms with Crippen molar-refractivity contribution < 1.29 is 22.4 Å². The van der Waals surface area contributed by atoms with Crippen molar-refractivity contribution in [2.75, 3.05) is 24.2 Å². The molecule has 1 saturated carbocycles. The van der Waals surface area contributed by atoms with Crippen molar-refractivity contribution in [3.8, 4) is 0 Å². The largest absolute Gasteiger partial charge is 0.351 e. The van der Waals surface area contributed by atoms with E-state index in [0.29, 0.717) is 0 Å². The Balaban J connectivity index is 1.98. The number of benzene rings is 1. The van der Waals surface area contributed by atoms with Gasteiger partial charge in [0.1, 0.15) is 11.4 Å². The number of rotatable bonds is 4. The first kappa shape index (κ1) is 21.7. The Morgan fingerprint density at radius 1 is 1.17 bits per heavy atom. The zero-order valence-corrected chi connectivity index (χ0v) is 17.7. The molecule has 0 aromatic heterocycles. The second-order valence-electron chi connectivity index (χ2n) is 8.15. The van der Waals surface area contributed by atoms with Crippen LogP contribution in [0.1, 0.15) is 45.4 Å². The Bertz CT molecular complexity index is 883. The van der Waals surface area contributed by atoms with E-state index in [9.17, 15) is 22.4 Å². The van der Waals surface area contributed by atoms with Gasteiger partial charge in [-0.1, -0.05) is 37.8 Å². The lowest BCUT2D eigenvalue weighted by Crippen LogP contribution is -2.70. The van der Waals surface area contributed by atoms with Crippen molar-refractivity contribution in [2.24, 2.45) is 0 Å². The summed E-state index contributed by atoms with van der Waals surface area (Å²) in [6.45, 7) is 0.838. The summed E-state index contributed by atoms with van der Waals surface area (Å²) in [6, 6.07) is 5.69. The van der Waals surface area contributed by atoms with Crippen LogP contribution in [0.3, 0.4) is 0 Å². The summed E-state index contributed by atoms with van der Waals surface area (Å²) in [7, 11) is -3.71. The van der Waals surface area contributed by atoms with E-state index in [1.165, 1.54) is 25.1 Å². The Kier molecular flexibility index (Phi) is 6.28. The van der Waals surface area contributed by atoms with Gasteiger partial charge in [0.25, 0.3) is 0 Å². The molecule has 0 spiro atoms. The minimum atomic E-state index is -3.71. The molecule has 3 rings (SSSR count). The maximum atomic E-state index is 14.5. The Morgan fingerprint density at radius 3 is 2.38 bits per heavy atom. The Morgan fingerprint density at radius 2 is 1.79 bits per heavy atom. The molecule has 1 aromatic rings. The molecule has 1 atom stereocenters. The number of halogens is 1. The first-order chi connectivity index (χ1) is 13.6. The summed E-state index contributed by atoms with van der Waals surface area (Å²) in [4.78, 5) is 27.4. The molecular weight excluding hydrogens is 397 g/mol. The van der Waals surface area contributed by atoms with Gasteiger partial charge in [-0.05, 0) is 31.9 Å². The van der Waals surface area contributed by atoms with E-state index in [2.05, 4.69) is 5.32 Å². The fourth-order valence-electron chi connectivity index (χ4n) is 4.17. The molecule has 0 radical (unpaired) electrons. The van der Waals surface area contributed by atoms with Gasteiger partial charge in [0.2, 0.25) is 21.8 Å². The third kappa shape index (κ3) is 4.61. The van der Waals surface area contributed by atoms with E-state index in [-0.39, 0.29) is 18.3 Å². The van der Waals surface area contributed by atoms with Crippen LogP contribution in [0, 0.1) is 5.82 Å². The topological polar surface area (TPSA) is 86.8 Å². The minimum absolute atomic E-state index is 0.0239. The number of hydrogen-bond acceptors (Lipinski definition) is 4. The smallest absolute Gasteiger partial charge is 0.247 e. The lowest BCUT2D eigenvalue weighted by atomic mass is 9.93. The summed E-state index contributed by atoms with van der Waals surface area (Å²) in [5.74, 6) is -1.73. The molecule has 1 N–H and O–H groups in total. The number of para-hydroxylation sites is 1. The molecule has 0 bridgehead atoms. The number of amides is 2. The summed E-state index contributed by atoms with van der Waals surface area (Å²) < 4.78 is 39.8. The standard InChI is InChI=1S/C20H28FN3O4S/c1-20(19(26)22-15-9-5-3-4-6-10-15)14-23(29(2,27)28)13-18(25)24(20)17-12-8-7-11-16(17)21/h7-8,11-12,15H,3-6,9-10,13-14H2,1-2H3,(H,22,26)/t20-/m1/s1. The van der Waals surface area contributed by atoms with Gasteiger partial charge in [-0.15, -0.1) is 0 Å². The van der Waals surface area contributed by atoms with Crippen molar-refractivity contribution in [3.05, 3.63) is 30.1 Å². The average Bonchev–Trinajstić information content (AvgIpc) is 2.90. The number of anilines is 1. The first-order valence-electron chi connectivity index (χ1n) is 9.96. The summed E-state index contributed by atoms with van der Waals surface area (Å²) in [6.07, 6.45) is 6.93. The lowest BCUT2D eigenvalue weighted by molar-refractivity contribution is -0.133. The average molecular weight is 426 g/mol. The number of nitrogens with one attached hydrogen (secondary N) is 1. The fraction of sp³-hybridized carbons (Fsp3) is 0.600. The highest BCUT2D eigenvalue weighted by Gasteiger charge is 2.51. The second-order valence-corrected chi connectivity index (χ2v) is 10.1. The minimum Gasteiger partial charge on any atom is -0.351 e. The predicted molar refractivity (Wildman–Crippen MR) is 108 cm³/mol. The van der Waals surface area contributed by atoms with Crippen molar-refractivity contribution in [1.29, 1.82) is 0 Å². The quantitative estimate of drug-likeness (QED) is 0.748. The highest BCUT2D eigenvalue weighted by Crippen LogP contribution is 2.32. The molecule has 1 aromatic carbocycles. The number of sulfonamides is 1. The third-order valence-corrected chi connectivity index (χ3v) is 6.98. The predicted octanol–water partition coefficient (Wildman–Crippen LogP) is 2.03. The molecule has 2 amide bonds. The molecule has 29 heavy (non-hydrogen) atoms. The van der Waals surface area contributed by atoms with Crippen LogP contribution in [0.4, 0.5) is 10.1 Å². The summed E-state index contributed by atoms with van der Waals surface area (Å²) in [5.41, 5.74) is -1.59. The SMILES string of the molecule is C[C@]1(C(=O)NC2CCCCCC2)CN(S(C)(=O)=O)CC(=O)N1c1ccccc1F. The van der Waals surface area contributed by atoms with Crippen molar-refractivity contribution in [2.45, 2.75) is 57.0 Å². The molecular formula is C20H28FN3O4S. The molecule has 160 valence electrons. The number of carbonyl (C=O) groups is 2. The highest BCUT2D eigenvalue weighted by molar-refractivity contribution is 7.88. The maximum Gasteiger partial charge on any atom is 0.247 e. The van der Waals surface area contributed by atoms with Gasteiger partial charge in [0.05, 0.1) is 18.5 Å². The maximum absolute atomic E-state index is 14.5. The third-order valence-electron chi connectivity index (χ3n) is 5.78. The molecule has 2 fully saturated rings. The van der Waals surface area contributed by atoms with E-state index in [0.717, 1.165) is 54.0 Å². The van der Waals surface area contributed by atoms with E-state index in [1.807, 2.05) is 0 Å². The molecule has 1 aliphatic heterocycles. The molecule has 7 nitrogen and oxygen atoms in total. The van der Waals surface area contributed by atoms with Gasteiger partial charge < -0.3 is 5.32 Å². The van der Waals surface area contributed by atoms with Gasteiger partial charge in [0.15, 0.2) is 0 Å². The lowest BCUT2D eigenvalue weighted by Gasteiger charge is -2.46. The van der Waals surface area contributed by atoms with Crippen LogP contribution in [-0.4, -0.2) is 55.5 Å². The fourth-order valence-corrected chi connectivity index (χ4v) is 5.00. The number of piperazine rings is 1. The number of carbonyl (C=O) groups excluding carboxylic acids is 2. The van der Waals surface area contributed by atoms with Crippen LogP contribution in [0.2, 0.25) is 0 Å².